The van der Waals surface area contributed by atoms with Crippen LogP contribution in [0, 0.1) is 29.6 Å². The molecule has 0 amide bonds. The second-order valence-corrected chi connectivity index (χ2v) is 5.18. The second kappa shape index (κ2) is 2.47. The van der Waals surface area contributed by atoms with Gasteiger partial charge in [-0.1, -0.05) is 0 Å². The minimum Gasteiger partial charge on any atom is -0.396 e. The maximum absolute atomic E-state index is 9.11. The van der Waals surface area contributed by atoms with Crippen LogP contribution in [0.25, 0.3) is 0 Å². The molecule has 0 spiro atoms. The van der Waals surface area contributed by atoms with Crippen LogP contribution in [0.3, 0.4) is 0 Å². The number of aliphatic hydroxyl groups excluding tert-OH is 1. The lowest BCUT2D eigenvalue weighted by molar-refractivity contribution is 0.218. The molecule has 3 saturated carbocycles. The molecule has 68 valence electrons. The van der Waals surface area contributed by atoms with E-state index in [1.165, 1.54) is 32.1 Å². The van der Waals surface area contributed by atoms with Crippen molar-refractivity contribution in [1.29, 1.82) is 0 Å². The molecule has 5 atom stereocenters. The van der Waals surface area contributed by atoms with Crippen molar-refractivity contribution in [2.45, 2.75) is 32.1 Å². The highest BCUT2D eigenvalue weighted by Crippen LogP contribution is 2.59. The van der Waals surface area contributed by atoms with Gasteiger partial charge in [-0.05, 0) is 61.7 Å². The van der Waals surface area contributed by atoms with Gasteiger partial charge in [-0.3, -0.25) is 0 Å². The highest BCUT2D eigenvalue weighted by atomic mass is 16.3. The van der Waals surface area contributed by atoms with Crippen molar-refractivity contribution in [3.8, 4) is 0 Å². The van der Waals surface area contributed by atoms with Crippen LogP contribution in [-0.2, 0) is 0 Å². The number of rotatable bonds is 1. The fraction of sp³-hybridized carbons (Fsp3) is 1.00. The molecular weight excluding hydrogens is 148 g/mol. The summed E-state index contributed by atoms with van der Waals surface area (Å²) < 4.78 is 0. The zero-order valence-corrected chi connectivity index (χ0v) is 7.58. The van der Waals surface area contributed by atoms with Crippen LogP contribution in [0.2, 0.25) is 0 Å². The molecule has 3 aliphatic rings. The van der Waals surface area contributed by atoms with Crippen LogP contribution in [0.1, 0.15) is 32.1 Å². The Morgan fingerprint density at radius 2 is 1.50 bits per heavy atom. The normalized spacial score (nSPS) is 56.2. The maximum atomic E-state index is 9.11. The molecule has 1 nitrogen and oxygen atoms in total. The Hall–Kier alpha value is -0.0400. The molecule has 0 aliphatic heterocycles. The lowest BCUT2D eigenvalue weighted by atomic mass is 9.82. The van der Waals surface area contributed by atoms with Crippen molar-refractivity contribution < 1.29 is 5.11 Å². The molecule has 3 rings (SSSR count). The quantitative estimate of drug-likeness (QED) is 0.632. The first-order valence-electron chi connectivity index (χ1n) is 5.49. The predicted molar refractivity (Wildman–Crippen MR) is 47.6 cm³/mol. The average molecular weight is 166 g/mol. The van der Waals surface area contributed by atoms with Gasteiger partial charge in [-0.2, -0.15) is 0 Å². The summed E-state index contributed by atoms with van der Waals surface area (Å²) in [6.45, 7) is 0.451. The SMILES string of the molecule is OCC1C[C@@H]2[C@@H]3CC[C@@H](C3)[C@H]2C1. The van der Waals surface area contributed by atoms with Crippen LogP contribution in [0.15, 0.2) is 0 Å². The summed E-state index contributed by atoms with van der Waals surface area (Å²) in [6.07, 6.45) is 7.24. The molecule has 3 aliphatic carbocycles. The van der Waals surface area contributed by atoms with Gasteiger partial charge in [-0.25, -0.2) is 0 Å². The van der Waals surface area contributed by atoms with Gasteiger partial charge in [0.15, 0.2) is 0 Å². The first-order valence-corrected chi connectivity index (χ1v) is 5.49. The minimum absolute atomic E-state index is 0.451. The van der Waals surface area contributed by atoms with E-state index >= 15 is 0 Å². The van der Waals surface area contributed by atoms with E-state index in [0.717, 1.165) is 23.7 Å². The fourth-order valence-corrected chi connectivity index (χ4v) is 4.28. The molecule has 0 aromatic carbocycles. The predicted octanol–water partition coefficient (Wildman–Crippen LogP) is 2.05. The van der Waals surface area contributed by atoms with Crippen LogP contribution in [0.5, 0.6) is 0 Å². The number of fused-ring (bicyclic) bond motifs is 5. The third kappa shape index (κ3) is 0.834. The Morgan fingerprint density at radius 3 is 2.00 bits per heavy atom. The molecule has 0 aromatic heterocycles. The highest BCUT2D eigenvalue weighted by molar-refractivity contribution is 5.01. The van der Waals surface area contributed by atoms with Crippen molar-refractivity contribution in [3.05, 3.63) is 0 Å². The van der Waals surface area contributed by atoms with Crippen molar-refractivity contribution in [2.24, 2.45) is 29.6 Å². The second-order valence-electron chi connectivity index (χ2n) is 5.18. The largest absolute Gasteiger partial charge is 0.396 e. The summed E-state index contributed by atoms with van der Waals surface area (Å²) >= 11 is 0. The Bertz CT molecular complexity index is 171. The van der Waals surface area contributed by atoms with E-state index in [0.29, 0.717) is 12.5 Å². The van der Waals surface area contributed by atoms with Gasteiger partial charge in [-0.15, -0.1) is 0 Å². The van der Waals surface area contributed by atoms with E-state index in [1.807, 2.05) is 0 Å². The third-order valence-corrected chi connectivity index (χ3v) is 4.74. The van der Waals surface area contributed by atoms with Gasteiger partial charge in [0.2, 0.25) is 0 Å². The summed E-state index contributed by atoms with van der Waals surface area (Å²) in [4.78, 5) is 0. The topological polar surface area (TPSA) is 20.2 Å². The summed E-state index contributed by atoms with van der Waals surface area (Å²) in [6, 6.07) is 0. The Balaban J connectivity index is 1.78. The summed E-state index contributed by atoms with van der Waals surface area (Å²) in [5.74, 6) is 4.86. The zero-order chi connectivity index (χ0) is 8.13. The molecule has 1 heteroatoms. The van der Waals surface area contributed by atoms with Crippen LogP contribution >= 0.6 is 0 Å². The number of aliphatic hydroxyl groups is 1. The van der Waals surface area contributed by atoms with Crippen molar-refractivity contribution in [1.82, 2.24) is 0 Å². The smallest absolute Gasteiger partial charge is 0.0459 e. The molecule has 1 unspecified atom stereocenters. The summed E-state index contributed by atoms with van der Waals surface area (Å²) in [5.41, 5.74) is 0. The van der Waals surface area contributed by atoms with Crippen molar-refractivity contribution >= 4 is 0 Å². The van der Waals surface area contributed by atoms with Crippen molar-refractivity contribution in [3.63, 3.8) is 0 Å². The molecule has 0 saturated heterocycles. The van der Waals surface area contributed by atoms with E-state index in [2.05, 4.69) is 0 Å². The molecule has 12 heavy (non-hydrogen) atoms. The van der Waals surface area contributed by atoms with Gasteiger partial charge in [0.1, 0.15) is 0 Å². The van der Waals surface area contributed by atoms with Gasteiger partial charge >= 0.3 is 0 Å². The van der Waals surface area contributed by atoms with Gasteiger partial charge in [0.25, 0.3) is 0 Å². The van der Waals surface area contributed by atoms with E-state index in [9.17, 15) is 0 Å². The first kappa shape index (κ1) is 7.37. The van der Waals surface area contributed by atoms with Crippen LogP contribution in [0.4, 0.5) is 0 Å². The average Bonchev–Trinajstić information content (AvgIpc) is 2.75. The van der Waals surface area contributed by atoms with Crippen LogP contribution < -0.4 is 0 Å². The molecule has 2 bridgehead atoms. The van der Waals surface area contributed by atoms with Gasteiger partial charge in [0, 0.05) is 6.61 Å². The van der Waals surface area contributed by atoms with Crippen molar-refractivity contribution in [2.75, 3.05) is 6.61 Å². The number of hydrogen-bond acceptors (Lipinski definition) is 1. The first-order chi connectivity index (χ1) is 5.88. The zero-order valence-electron chi connectivity index (χ0n) is 7.58. The molecule has 0 radical (unpaired) electrons. The van der Waals surface area contributed by atoms with Gasteiger partial charge in [0.05, 0.1) is 0 Å². The highest BCUT2D eigenvalue weighted by Gasteiger charge is 2.51. The van der Waals surface area contributed by atoms with E-state index in [1.54, 1.807) is 0 Å². The summed E-state index contributed by atoms with van der Waals surface area (Å²) in [5, 5.41) is 9.11. The minimum atomic E-state index is 0.451. The fourth-order valence-electron chi connectivity index (χ4n) is 4.28. The van der Waals surface area contributed by atoms with Gasteiger partial charge < -0.3 is 5.11 Å². The monoisotopic (exact) mass is 166 g/mol. The number of hydrogen-bond donors (Lipinski definition) is 1. The maximum Gasteiger partial charge on any atom is 0.0459 e. The molecular formula is C11H18O. The van der Waals surface area contributed by atoms with E-state index in [4.69, 9.17) is 5.11 Å². The Labute approximate surface area is 74.2 Å². The Morgan fingerprint density at radius 1 is 0.917 bits per heavy atom. The van der Waals surface area contributed by atoms with E-state index < -0.39 is 0 Å². The lowest BCUT2D eigenvalue weighted by Crippen LogP contribution is -2.15. The molecule has 3 fully saturated rings. The molecule has 0 heterocycles. The standard InChI is InChI=1S/C11H18O/c12-6-7-3-10-8-1-2-9(5-8)11(10)4-7/h7-12H,1-6H2/t7?,8-,9+,10-,11-/m1/s1. The van der Waals surface area contributed by atoms with E-state index in [-0.39, 0.29) is 0 Å². The van der Waals surface area contributed by atoms with Crippen LogP contribution in [-0.4, -0.2) is 11.7 Å². The summed E-state index contributed by atoms with van der Waals surface area (Å²) in [7, 11) is 0. The molecule has 1 N–H and O–H groups in total. The Kier molecular flexibility index (Phi) is 1.52. The lowest BCUT2D eigenvalue weighted by Gasteiger charge is -2.23. The molecule has 0 aromatic rings. The third-order valence-electron chi connectivity index (χ3n) is 4.74.